The predicted molar refractivity (Wildman–Crippen MR) is 81.3 cm³/mol. The molecule has 0 radical (unpaired) electrons. The van der Waals surface area contributed by atoms with Crippen molar-refractivity contribution in [3.8, 4) is 0 Å². The first-order valence-corrected chi connectivity index (χ1v) is 9.93. The molecule has 2 N–H and O–H groups in total. The normalized spacial score (nSPS) is 13.4. The lowest BCUT2D eigenvalue weighted by Crippen LogP contribution is -2.50. The number of hydrogen-bond acceptors (Lipinski definition) is 4. The minimum Gasteiger partial charge on any atom is -0.213 e. The molecule has 0 amide bonds. The molecule has 0 saturated heterocycles. The maximum Gasteiger partial charge on any atom is 0.241 e. The summed E-state index contributed by atoms with van der Waals surface area (Å²) in [6.07, 6.45) is 0.986. The molecular formula is C11H16BrFN2O4S2. The first-order valence-electron chi connectivity index (χ1n) is 5.76. The summed E-state index contributed by atoms with van der Waals surface area (Å²) in [7, 11) is -7.37. The lowest BCUT2D eigenvalue weighted by molar-refractivity contribution is 0.446. The van der Waals surface area contributed by atoms with Gasteiger partial charge in [0.1, 0.15) is 5.82 Å². The van der Waals surface area contributed by atoms with E-state index in [1.807, 2.05) is 0 Å². The van der Waals surface area contributed by atoms with E-state index in [1.54, 1.807) is 0 Å². The van der Waals surface area contributed by atoms with Crippen molar-refractivity contribution in [3.05, 3.63) is 28.5 Å². The third kappa shape index (κ3) is 5.99. The highest BCUT2D eigenvalue weighted by Gasteiger charge is 2.26. The van der Waals surface area contributed by atoms with E-state index in [0.29, 0.717) is 0 Å². The van der Waals surface area contributed by atoms with Crippen molar-refractivity contribution in [1.82, 2.24) is 9.44 Å². The second-order valence-corrected chi connectivity index (χ2v) is 9.50. The van der Waals surface area contributed by atoms with E-state index in [2.05, 4.69) is 25.4 Å². The first-order chi connectivity index (χ1) is 9.32. The molecule has 10 heteroatoms. The third-order valence-electron chi connectivity index (χ3n) is 2.35. The van der Waals surface area contributed by atoms with Crippen LogP contribution in [0.1, 0.15) is 13.8 Å². The molecule has 0 spiro atoms. The van der Waals surface area contributed by atoms with Gasteiger partial charge in [0.25, 0.3) is 0 Å². The van der Waals surface area contributed by atoms with E-state index in [9.17, 15) is 21.2 Å². The fraction of sp³-hybridized carbons (Fsp3) is 0.455. The average molecular weight is 403 g/mol. The van der Waals surface area contributed by atoms with Crippen molar-refractivity contribution in [2.75, 3.05) is 12.8 Å². The molecule has 0 unspecified atom stereocenters. The van der Waals surface area contributed by atoms with Gasteiger partial charge in [-0.2, -0.15) is 0 Å². The average Bonchev–Trinajstić information content (AvgIpc) is 2.23. The SMILES string of the molecule is CC(C)(CNS(=O)(=O)c1ccc(F)cc1Br)NS(C)(=O)=O. The third-order valence-corrected chi connectivity index (χ3v) is 5.65. The molecular weight excluding hydrogens is 387 g/mol. The maximum absolute atomic E-state index is 13.0. The number of hydrogen-bond donors (Lipinski definition) is 2. The lowest BCUT2D eigenvalue weighted by Gasteiger charge is -2.25. The molecule has 1 aromatic rings. The zero-order valence-electron chi connectivity index (χ0n) is 11.6. The Kier molecular flexibility index (Phi) is 5.54. The summed E-state index contributed by atoms with van der Waals surface area (Å²) in [6, 6.07) is 3.19. The number of halogens is 2. The molecule has 1 rings (SSSR count). The van der Waals surface area contributed by atoms with Gasteiger partial charge in [-0.05, 0) is 48.0 Å². The minimum atomic E-state index is -3.89. The van der Waals surface area contributed by atoms with Crippen molar-refractivity contribution in [3.63, 3.8) is 0 Å². The zero-order chi connectivity index (χ0) is 16.5. The van der Waals surface area contributed by atoms with E-state index in [1.165, 1.54) is 13.8 Å². The summed E-state index contributed by atoms with van der Waals surface area (Å²) >= 11 is 2.98. The molecule has 0 atom stereocenters. The molecule has 6 nitrogen and oxygen atoms in total. The molecule has 0 heterocycles. The summed E-state index contributed by atoms with van der Waals surface area (Å²) < 4.78 is 64.3. The van der Waals surface area contributed by atoms with Crippen LogP contribution in [0.4, 0.5) is 4.39 Å². The van der Waals surface area contributed by atoms with Crippen molar-refractivity contribution >= 4 is 36.0 Å². The fourth-order valence-electron chi connectivity index (χ4n) is 1.58. The lowest BCUT2D eigenvalue weighted by atomic mass is 10.1. The zero-order valence-corrected chi connectivity index (χ0v) is 14.9. The van der Waals surface area contributed by atoms with Crippen LogP contribution in [0.2, 0.25) is 0 Å². The topological polar surface area (TPSA) is 92.3 Å². The minimum absolute atomic E-state index is 0.0869. The monoisotopic (exact) mass is 402 g/mol. The van der Waals surface area contributed by atoms with Crippen molar-refractivity contribution < 1.29 is 21.2 Å². The second kappa shape index (κ2) is 6.29. The highest BCUT2D eigenvalue weighted by Crippen LogP contribution is 2.22. The smallest absolute Gasteiger partial charge is 0.213 e. The van der Waals surface area contributed by atoms with Crippen LogP contribution < -0.4 is 9.44 Å². The van der Waals surface area contributed by atoms with Crippen LogP contribution in [0.5, 0.6) is 0 Å². The van der Waals surface area contributed by atoms with Crippen LogP contribution in [0, 0.1) is 5.82 Å². The summed E-state index contributed by atoms with van der Waals surface area (Å²) in [5.74, 6) is -0.570. The second-order valence-electron chi connectivity index (χ2n) is 5.16. The Morgan fingerprint density at radius 3 is 2.29 bits per heavy atom. The molecule has 0 aromatic heterocycles. The van der Waals surface area contributed by atoms with Gasteiger partial charge in [-0.1, -0.05) is 0 Å². The van der Waals surface area contributed by atoms with E-state index in [-0.39, 0.29) is 15.9 Å². The van der Waals surface area contributed by atoms with Crippen molar-refractivity contribution in [2.45, 2.75) is 24.3 Å². The van der Waals surface area contributed by atoms with Crippen LogP contribution in [0.15, 0.2) is 27.6 Å². The summed E-state index contributed by atoms with van der Waals surface area (Å²) in [5.41, 5.74) is -1.01. The van der Waals surface area contributed by atoms with E-state index in [4.69, 9.17) is 0 Å². The Hall–Kier alpha value is -0.550. The van der Waals surface area contributed by atoms with Crippen LogP contribution >= 0.6 is 15.9 Å². The Morgan fingerprint density at radius 1 is 1.24 bits per heavy atom. The molecule has 120 valence electrons. The van der Waals surface area contributed by atoms with Gasteiger partial charge in [-0.3, -0.25) is 0 Å². The highest BCUT2D eigenvalue weighted by molar-refractivity contribution is 9.10. The maximum atomic E-state index is 13.0. The highest BCUT2D eigenvalue weighted by atomic mass is 79.9. The first kappa shape index (κ1) is 18.5. The summed E-state index contributed by atoms with van der Waals surface area (Å²) in [4.78, 5) is -0.126. The van der Waals surface area contributed by atoms with Crippen LogP contribution in [0.3, 0.4) is 0 Å². The van der Waals surface area contributed by atoms with Crippen LogP contribution in [0.25, 0.3) is 0 Å². The number of rotatable bonds is 6. The van der Waals surface area contributed by atoms with Gasteiger partial charge in [0.15, 0.2) is 0 Å². The Balaban J connectivity index is 2.91. The van der Waals surface area contributed by atoms with Gasteiger partial charge in [0.2, 0.25) is 20.0 Å². The largest absolute Gasteiger partial charge is 0.241 e. The number of nitrogens with one attached hydrogen (secondary N) is 2. The summed E-state index contributed by atoms with van der Waals surface area (Å²) in [5, 5.41) is 0. The Bertz CT molecular complexity index is 733. The molecule has 0 aliphatic rings. The molecule has 0 bridgehead atoms. The van der Waals surface area contributed by atoms with Crippen molar-refractivity contribution in [1.29, 1.82) is 0 Å². The van der Waals surface area contributed by atoms with E-state index in [0.717, 1.165) is 24.5 Å². The fourth-order valence-corrected chi connectivity index (χ4v) is 4.92. The molecule has 0 aliphatic carbocycles. The van der Waals surface area contributed by atoms with E-state index < -0.39 is 31.4 Å². The number of benzene rings is 1. The van der Waals surface area contributed by atoms with Gasteiger partial charge < -0.3 is 0 Å². The van der Waals surface area contributed by atoms with Gasteiger partial charge in [0.05, 0.1) is 11.2 Å². The summed E-state index contributed by atoms with van der Waals surface area (Å²) in [6.45, 7) is 2.92. The quantitative estimate of drug-likeness (QED) is 0.747. The van der Waals surface area contributed by atoms with Crippen molar-refractivity contribution in [2.24, 2.45) is 0 Å². The molecule has 0 aliphatic heterocycles. The Morgan fingerprint density at radius 2 is 1.81 bits per heavy atom. The molecule has 1 aromatic carbocycles. The molecule has 0 saturated carbocycles. The molecule has 21 heavy (non-hydrogen) atoms. The van der Waals surface area contributed by atoms with Gasteiger partial charge in [-0.25, -0.2) is 30.7 Å². The standard InChI is InChI=1S/C11H16BrFN2O4S2/c1-11(2,15-20(3,16)17)7-14-21(18,19)10-5-4-8(13)6-9(10)12/h4-6,14-15H,7H2,1-3H3. The molecule has 0 fully saturated rings. The van der Waals surface area contributed by atoms with Crippen LogP contribution in [-0.4, -0.2) is 35.2 Å². The number of sulfonamides is 2. The van der Waals surface area contributed by atoms with Crippen LogP contribution in [-0.2, 0) is 20.0 Å². The van der Waals surface area contributed by atoms with E-state index >= 15 is 0 Å². The predicted octanol–water partition coefficient (Wildman–Crippen LogP) is 1.19. The van der Waals surface area contributed by atoms with Gasteiger partial charge >= 0.3 is 0 Å². The Labute approximate surface area is 132 Å². The van der Waals surface area contributed by atoms with Gasteiger partial charge in [0, 0.05) is 16.6 Å². The van der Waals surface area contributed by atoms with Gasteiger partial charge in [-0.15, -0.1) is 0 Å².